The lowest BCUT2D eigenvalue weighted by Gasteiger charge is -2.38. The largest absolute Gasteiger partial charge is 0.299 e. The van der Waals surface area contributed by atoms with Gasteiger partial charge in [0.1, 0.15) is 0 Å². The van der Waals surface area contributed by atoms with Crippen LogP contribution in [-0.4, -0.2) is 18.0 Å². The molecule has 0 aromatic heterocycles. The maximum Gasteiger partial charge on any atom is 0.0991 e. The highest BCUT2D eigenvalue weighted by atomic mass is 15.1. The van der Waals surface area contributed by atoms with E-state index in [-0.39, 0.29) is 0 Å². The van der Waals surface area contributed by atoms with Gasteiger partial charge in [-0.05, 0) is 55.8 Å². The Kier molecular flexibility index (Phi) is 4.27. The zero-order chi connectivity index (χ0) is 13.9. The molecule has 1 aliphatic rings. The van der Waals surface area contributed by atoms with E-state index in [1.807, 2.05) is 18.2 Å². The van der Waals surface area contributed by atoms with Crippen molar-refractivity contribution in [3.8, 4) is 6.07 Å². The van der Waals surface area contributed by atoms with Crippen LogP contribution in [0.2, 0.25) is 0 Å². The summed E-state index contributed by atoms with van der Waals surface area (Å²) in [6.07, 6.45) is 5.23. The summed E-state index contributed by atoms with van der Waals surface area (Å²) in [6, 6.07) is 10.9. The highest BCUT2D eigenvalue weighted by molar-refractivity contribution is 5.32. The summed E-state index contributed by atoms with van der Waals surface area (Å²) in [6.45, 7) is 5.69. The Morgan fingerprint density at radius 1 is 1.32 bits per heavy atom. The van der Waals surface area contributed by atoms with Gasteiger partial charge in [-0.1, -0.05) is 26.0 Å². The molecule has 2 heteroatoms. The SMILES string of the molecule is CN(Cc1cccc(C#N)c1)C1CCC(C)(C)CC1. The van der Waals surface area contributed by atoms with E-state index in [1.54, 1.807) is 0 Å². The van der Waals surface area contributed by atoms with Crippen molar-refractivity contribution in [1.29, 1.82) is 5.26 Å². The molecule has 102 valence electrons. The van der Waals surface area contributed by atoms with Crippen LogP contribution in [-0.2, 0) is 6.54 Å². The molecule has 0 amide bonds. The molecule has 1 aromatic carbocycles. The molecule has 0 N–H and O–H groups in total. The van der Waals surface area contributed by atoms with Gasteiger partial charge in [-0.25, -0.2) is 0 Å². The first-order valence-electron chi connectivity index (χ1n) is 7.19. The quantitative estimate of drug-likeness (QED) is 0.818. The molecule has 2 rings (SSSR count). The molecule has 0 heterocycles. The fraction of sp³-hybridized carbons (Fsp3) is 0.588. The first-order chi connectivity index (χ1) is 9.00. The summed E-state index contributed by atoms with van der Waals surface area (Å²) >= 11 is 0. The maximum atomic E-state index is 8.94. The summed E-state index contributed by atoms with van der Waals surface area (Å²) in [5.74, 6) is 0. The Labute approximate surface area is 117 Å². The lowest BCUT2D eigenvalue weighted by atomic mass is 9.75. The minimum Gasteiger partial charge on any atom is -0.299 e. The molecule has 0 bridgehead atoms. The van der Waals surface area contributed by atoms with Gasteiger partial charge in [0.15, 0.2) is 0 Å². The molecule has 2 nitrogen and oxygen atoms in total. The topological polar surface area (TPSA) is 27.0 Å². The van der Waals surface area contributed by atoms with Crippen molar-refractivity contribution in [2.45, 2.75) is 52.1 Å². The number of rotatable bonds is 3. The summed E-state index contributed by atoms with van der Waals surface area (Å²) in [7, 11) is 2.21. The first-order valence-corrected chi connectivity index (χ1v) is 7.19. The lowest BCUT2D eigenvalue weighted by Crippen LogP contribution is -2.36. The zero-order valence-electron chi connectivity index (χ0n) is 12.3. The van der Waals surface area contributed by atoms with Crippen molar-refractivity contribution in [3.63, 3.8) is 0 Å². The number of hydrogen-bond donors (Lipinski definition) is 0. The smallest absolute Gasteiger partial charge is 0.0991 e. The van der Waals surface area contributed by atoms with Gasteiger partial charge >= 0.3 is 0 Å². The van der Waals surface area contributed by atoms with Crippen molar-refractivity contribution in [1.82, 2.24) is 4.90 Å². The van der Waals surface area contributed by atoms with E-state index in [1.165, 1.54) is 31.2 Å². The van der Waals surface area contributed by atoms with Gasteiger partial charge in [0.2, 0.25) is 0 Å². The maximum absolute atomic E-state index is 8.94. The van der Waals surface area contributed by atoms with E-state index >= 15 is 0 Å². The fourth-order valence-corrected chi connectivity index (χ4v) is 2.98. The summed E-state index contributed by atoms with van der Waals surface area (Å²) in [5, 5.41) is 8.94. The van der Waals surface area contributed by atoms with E-state index in [2.05, 4.69) is 37.9 Å². The van der Waals surface area contributed by atoms with Crippen LogP contribution in [0.3, 0.4) is 0 Å². The zero-order valence-corrected chi connectivity index (χ0v) is 12.3. The Bertz CT molecular complexity index is 460. The number of hydrogen-bond acceptors (Lipinski definition) is 2. The number of nitrogens with zero attached hydrogens (tertiary/aromatic N) is 2. The third-order valence-corrected chi connectivity index (χ3v) is 4.42. The summed E-state index contributed by atoms with van der Waals surface area (Å²) in [5.41, 5.74) is 2.53. The van der Waals surface area contributed by atoms with Gasteiger partial charge < -0.3 is 0 Å². The predicted octanol–water partition coefficient (Wildman–Crippen LogP) is 3.96. The molecule has 1 aromatic rings. The van der Waals surface area contributed by atoms with Gasteiger partial charge in [0.25, 0.3) is 0 Å². The van der Waals surface area contributed by atoms with Crippen LogP contribution in [0.4, 0.5) is 0 Å². The van der Waals surface area contributed by atoms with E-state index in [9.17, 15) is 0 Å². The molecule has 1 aliphatic carbocycles. The molecule has 0 spiro atoms. The van der Waals surface area contributed by atoms with Crippen LogP contribution < -0.4 is 0 Å². The minimum atomic E-state index is 0.526. The van der Waals surface area contributed by atoms with E-state index in [4.69, 9.17) is 5.26 Å². The monoisotopic (exact) mass is 256 g/mol. The van der Waals surface area contributed by atoms with Crippen LogP contribution in [0.15, 0.2) is 24.3 Å². The van der Waals surface area contributed by atoms with Gasteiger partial charge in [0.05, 0.1) is 11.6 Å². The second kappa shape index (κ2) is 5.75. The molecule has 0 saturated heterocycles. The van der Waals surface area contributed by atoms with Crippen LogP contribution in [0.25, 0.3) is 0 Å². The standard InChI is InChI=1S/C17H24N2/c1-17(2)9-7-16(8-10-17)19(3)13-15-6-4-5-14(11-15)12-18/h4-6,11,16H,7-10,13H2,1-3H3. The van der Waals surface area contributed by atoms with Gasteiger partial charge in [-0.3, -0.25) is 4.90 Å². The molecule has 19 heavy (non-hydrogen) atoms. The third-order valence-electron chi connectivity index (χ3n) is 4.42. The van der Waals surface area contributed by atoms with Gasteiger partial charge in [-0.15, -0.1) is 0 Å². The highest BCUT2D eigenvalue weighted by Gasteiger charge is 2.28. The number of nitriles is 1. The average molecular weight is 256 g/mol. The molecule has 0 radical (unpaired) electrons. The number of benzene rings is 1. The fourth-order valence-electron chi connectivity index (χ4n) is 2.98. The Morgan fingerprint density at radius 2 is 2.00 bits per heavy atom. The Morgan fingerprint density at radius 3 is 2.63 bits per heavy atom. The average Bonchev–Trinajstić information content (AvgIpc) is 2.38. The molecular weight excluding hydrogens is 232 g/mol. The Balaban J connectivity index is 1.94. The first kappa shape index (κ1) is 14.1. The van der Waals surface area contributed by atoms with Crippen molar-refractivity contribution >= 4 is 0 Å². The molecule has 0 atom stereocenters. The van der Waals surface area contributed by atoms with Crippen molar-refractivity contribution in [2.75, 3.05) is 7.05 Å². The summed E-state index contributed by atoms with van der Waals surface area (Å²) < 4.78 is 0. The summed E-state index contributed by atoms with van der Waals surface area (Å²) in [4.78, 5) is 2.45. The van der Waals surface area contributed by atoms with Crippen molar-refractivity contribution in [3.05, 3.63) is 35.4 Å². The van der Waals surface area contributed by atoms with Gasteiger partial charge in [0, 0.05) is 12.6 Å². The molecule has 1 saturated carbocycles. The minimum absolute atomic E-state index is 0.526. The van der Waals surface area contributed by atoms with Crippen molar-refractivity contribution < 1.29 is 0 Å². The highest BCUT2D eigenvalue weighted by Crippen LogP contribution is 2.36. The van der Waals surface area contributed by atoms with E-state index in [0.717, 1.165) is 12.1 Å². The van der Waals surface area contributed by atoms with Crippen molar-refractivity contribution in [2.24, 2.45) is 5.41 Å². The van der Waals surface area contributed by atoms with Crippen LogP contribution >= 0.6 is 0 Å². The third kappa shape index (κ3) is 3.81. The van der Waals surface area contributed by atoms with Crippen LogP contribution in [0.1, 0.15) is 50.7 Å². The molecule has 1 fully saturated rings. The molecule has 0 unspecified atom stereocenters. The van der Waals surface area contributed by atoms with E-state index < -0.39 is 0 Å². The normalized spacial score (nSPS) is 19.3. The van der Waals surface area contributed by atoms with Gasteiger partial charge in [-0.2, -0.15) is 5.26 Å². The predicted molar refractivity (Wildman–Crippen MR) is 78.7 cm³/mol. The Hall–Kier alpha value is -1.33. The van der Waals surface area contributed by atoms with Crippen LogP contribution in [0, 0.1) is 16.7 Å². The second-order valence-electron chi connectivity index (χ2n) is 6.62. The lowest BCUT2D eigenvalue weighted by molar-refractivity contribution is 0.123. The molecule has 0 aliphatic heterocycles. The second-order valence-corrected chi connectivity index (χ2v) is 6.62. The molecular formula is C17H24N2. The van der Waals surface area contributed by atoms with E-state index in [0.29, 0.717) is 11.5 Å². The van der Waals surface area contributed by atoms with Crippen LogP contribution in [0.5, 0.6) is 0 Å².